The first-order chi connectivity index (χ1) is 21.4. The zero-order valence-electron chi connectivity index (χ0n) is 24.7. The number of amides is 1. The Balaban J connectivity index is 1.20. The summed E-state index contributed by atoms with van der Waals surface area (Å²) < 4.78 is 10.4. The van der Waals surface area contributed by atoms with Gasteiger partial charge in [-0.3, -0.25) is 4.79 Å². The molecule has 3 aliphatic rings. The van der Waals surface area contributed by atoms with E-state index < -0.39 is 0 Å². The maximum atomic E-state index is 13.8. The number of para-hydroxylation sites is 1. The number of carbonyl (C=O) groups excluding carboxylic acids is 1. The lowest BCUT2D eigenvalue weighted by Gasteiger charge is -2.41. The normalized spacial score (nSPS) is 21.3. The van der Waals surface area contributed by atoms with Crippen LogP contribution in [0.4, 0.5) is 5.69 Å². The van der Waals surface area contributed by atoms with Crippen molar-refractivity contribution >= 4 is 33.5 Å². The van der Waals surface area contributed by atoms with E-state index in [0.29, 0.717) is 41.9 Å². The second kappa shape index (κ2) is 10.1. The molecule has 11 nitrogen and oxygen atoms in total. The molecular weight excluding hydrogens is 554 g/mol. The number of aryl methyl sites for hydroxylation is 1. The molecule has 2 N–H and O–H groups in total. The van der Waals surface area contributed by atoms with Crippen molar-refractivity contribution in [2.45, 2.75) is 31.5 Å². The summed E-state index contributed by atoms with van der Waals surface area (Å²) in [7, 11) is 3.71. The van der Waals surface area contributed by atoms with E-state index in [0.717, 1.165) is 65.1 Å². The summed E-state index contributed by atoms with van der Waals surface area (Å²) in [6.07, 6.45) is 5.15. The molecule has 1 aliphatic carbocycles. The van der Waals surface area contributed by atoms with Gasteiger partial charge in [0.05, 0.1) is 30.2 Å². The number of nitrogens with zero attached hydrogens (tertiary/aromatic N) is 8. The van der Waals surface area contributed by atoms with Gasteiger partial charge in [-0.2, -0.15) is 5.26 Å². The number of anilines is 1. The van der Waals surface area contributed by atoms with E-state index in [-0.39, 0.29) is 18.0 Å². The Bertz CT molecular complexity index is 1980. The molecule has 2 aromatic carbocycles. The molecule has 0 spiro atoms. The quantitative estimate of drug-likeness (QED) is 0.319. The number of carbonyl (C=O) groups is 1. The molecule has 222 valence electrons. The SMILES string of the molecule is COc1cc(C(=O)N2CC3CCC2[C@@H]3N)cc2nc(-c3cc4ccccc4n3C)n(CC3CN(c4cncnc4C#N)C3)c12. The lowest BCUT2D eigenvalue weighted by atomic mass is 9.98. The molecule has 1 saturated carbocycles. The Morgan fingerprint density at radius 1 is 1.16 bits per heavy atom. The Labute approximate surface area is 254 Å². The molecule has 44 heavy (non-hydrogen) atoms. The van der Waals surface area contributed by atoms with Crippen molar-refractivity contribution < 1.29 is 9.53 Å². The summed E-state index contributed by atoms with van der Waals surface area (Å²) in [5.41, 5.74) is 11.8. The third kappa shape index (κ3) is 3.98. The molecule has 1 amide bonds. The second-order valence-electron chi connectivity index (χ2n) is 12.3. The van der Waals surface area contributed by atoms with Gasteiger partial charge in [0, 0.05) is 67.7 Å². The Hall–Kier alpha value is -4.95. The molecule has 11 heteroatoms. The number of hydrogen-bond donors (Lipinski definition) is 1. The highest BCUT2D eigenvalue weighted by Crippen LogP contribution is 2.40. The van der Waals surface area contributed by atoms with E-state index in [4.69, 9.17) is 15.5 Å². The number of aromatic nitrogens is 5. The number of imidazole rings is 1. The van der Waals surface area contributed by atoms with Crippen molar-refractivity contribution in [3.8, 4) is 23.3 Å². The van der Waals surface area contributed by atoms with Gasteiger partial charge in [0.25, 0.3) is 5.91 Å². The number of methoxy groups -OCH3 is 1. The Morgan fingerprint density at radius 2 is 2.00 bits per heavy atom. The highest BCUT2D eigenvalue weighted by atomic mass is 16.5. The van der Waals surface area contributed by atoms with Crippen molar-refractivity contribution in [3.63, 3.8) is 0 Å². The van der Waals surface area contributed by atoms with Gasteiger partial charge in [-0.1, -0.05) is 18.2 Å². The van der Waals surface area contributed by atoms with Gasteiger partial charge in [-0.05, 0) is 43.0 Å². The molecule has 2 bridgehead atoms. The minimum absolute atomic E-state index is 0.0124. The minimum Gasteiger partial charge on any atom is -0.494 e. The molecule has 3 atom stereocenters. The standard InChI is InChI=1S/C33H33N9O2/c1-39-25-6-4-3-5-20(25)10-27(39)32-38-23-9-22(33(43)41-17-21-7-8-26(41)30(21)35)11-29(44-2)31(23)42(32)16-19-14-40(15-19)28-13-36-18-37-24(28)12-34/h3-6,9-11,13,18-19,21,26,30H,7-8,14-17,35H2,1-2H3/t21?,26?,30-/m1/s1. The molecule has 2 unspecified atom stereocenters. The topological polar surface area (TPSA) is 131 Å². The lowest BCUT2D eigenvalue weighted by molar-refractivity contribution is 0.0700. The minimum atomic E-state index is -0.0124. The predicted octanol–water partition coefficient (Wildman–Crippen LogP) is 3.56. The monoisotopic (exact) mass is 587 g/mol. The largest absolute Gasteiger partial charge is 0.494 e. The van der Waals surface area contributed by atoms with Crippen molar-refractivity contribution in [2.24, 2.45) is 24.6 Å². The molecular formula is C33H33N9O2. The number of piperidine rings is 1. The van der Waals surface area contributed by atoms with Gasteiger partial charge < -0.3 is 29.4 Å². The van der Waals surface area contributed by atoms with E-state index in [9.17, 15) is 10.1 Å². The summed E-state index contributed by atoms with van der Waals surface area (Å²) in [6, 6.07) is 16.6. The van der Waals surface area contributed by atoms with E-state index in [2.05, 4.69) is 55.3 Å². The van der Waals surface area contributed by atoms with Crippen LogP contribution in [0.15, 0.2) is 55.0 Å². The van der Waals surface area contributed by atoms with Crippen molar-refractivity contribution in [1.29, 1.82) is 5.26 Å². The fourth-order valence-corrected chi connectivity index (χ4v) is 7.61. The summed E-state index contributed by atoms with van der Waals surface area (Å²) >= 11 is 0. The zero-order valence-corrected chi connectivity index (χ0v) is 24.7. The van der Waals surface area contributed by atoms with Gasteiger partial charge in [0.2, 0.25) is 0 Å². The lowest BCUT2D eigenvalue weighted by Crippen LogP contribution is -2.49. The highest BCUT2D eigenvalue weighted by Gasteiger charge is 2.47. The smallest absolute Gasteiger partial charge is 0.254 e. The van der Waals surface area contributed by atoms with Gasteiger partial charge >= 0.3 is 0 Å². The average molecular weight is 588 g/mol. The van der Waals surface area contributed by atoms with Crippen LogP contribution in [0.3, 0.4) is 0 Å². The molecule has 5 heterocycles. The van der Waals surface area contributed by atoms with Gasteiger partial charge in [-0.25, -0.2) is 15.0 Å². The predicted molar refractivity (Wildman–Crippen MR) is 166 cm³/mol. The summed E-state index contributed by atoms with van der Waals surface area (Å²) in [6.45, 7) is 2.91. The third-order valence-corrected chi connectivity index (χ3v) is 9.91. The summed E-state index contributed by atoms with van der Waals surface area (Å²) in [5, 5.41) is 10.7. The highest BCUT2D eigenvalue weighted by molar-refractivity contribution is 6.00. The summed E-state index contributed by atoms with van der Waals surface area (Å²) in [4.78, 5) is 31.4. The third-order valence-electron chi connectivity index (χ3n) is 9.91. The molecule has 3 fully saturated rings. The van der Waals surface area contributed by atoms with Crippen LogP contribution in [0, 0.1) is 23.2 Å². The molecule has 5 aromatic rings. The second-order valence-corrected chi connectivity index (χ2v) is 12.3. The first-order valence-electron chi connectivity index (χ1n) is 15.1. The summed E-state index contributed by atoms with van der Waals surface area (Å²) in [5.74, 6) is 2.10. The molecule has 0 radical (unpaired) electrons. The number of likely N-dealkylation sites (tertiary alicyclic amines) is 1. The van der Waals surface area contributed by atoms with Crippen LogP contribution in [0.25, 0.3) is 33.5 Å². The van der Waals surface area contributed by atoms with Crippen LogP contribution in [0.1, 0.15) is 28.9 Å². The Morgan fingerprint density at radius 3 is 2.73 bits per heavy atom. The maximum Gasteiger partial charge on any atom is 0.254 e. The molecule has 3 aromatic heterocycles. The van der Waals surface area contributed by atoms with Crippen molar-refractivity contribution in [3.05, 3.63) is 66.2 Å². The van der Waals surface area contributed by atoms with Gasteiger partial charge in [-0.15, -0.1) is 0 Å². The number of nitrogens with two attached hydrogens (primary N) is 1. The molecule has 2 aliphatic heterocycles. The average Bonchev–Trinajstić information content (AvgIpc) is 3.77. The zero-order chi connectivity index (χ0) is 30.1. The number of nitriles is 1. The van der Waals surface area contributed by atoms with Crippen LogP contribution in [-0.4, -0.2) is 73.7 Å². The van der Waals surface area contributed by atoms with Crippen molar-refractivity contribution in [1.82, 2.24) is 29.0 Å². The number of hydrogen-bond acceptors (Lipinski definition) is 8. The maximum absolute atomic E-state index is 13.8. The van der Waals surface area contributed by atoms with Crippen LogP contribution in [-0.2, 0) is 13.6 Å². The van der Waals surface area contributed by atoms with Crippen LogP contribution < -0.4 is 15.4 Å². The van der Waals surface area contributed by atoms with E-state index in [1.54, 1.807) is 13.3 Å². The van der Waals surface area contributed by atoms with Crippen LogP contribution >= 0.6 is 0 Å². The van der Waals surface area contributed by atoms with Gasteiger partial charge in [0.1, 0.15) is 23.7 Å². The number of fused-ring (bicyclic) bond motifs is 4. The number of ether oxygens (including phenoxy) is 1. The number of rotatable bonds is 6. The fraction of sp³-hybridized carbons (Fsp3) is 0.364. The first kappa shape index (κ1) is 26.7. The van der Waals surface area contributed by atoms with Crippen molar-refractivity contribution in [2.75, 3.05) is 31.6 Å². The van der Waals surface area contributed by atoms with E-state index >= 15 is 0 Å². The van der Waals surface area contributed by atoms with E-state index in [1.165, 1.54) is 6.33 Å². The molecule has 2 saturated heterocycles. The molecule has 8 rings (SSSR count). The van der Waals surface area contributed by atoms with E-state index in [1.807, 2.05) is 29.2 Å². The van der Waals surface area contributed by atoms with Crippen LogP contribution in [0.2, 0.25) is 0 Å². The van der Waals surface area contributed by atoms with Crippen LogP contribution in [0.5, 0.6) is 5.75 Å². The Kier molecular flexibility index (Phi) is 6.10. The fourth-order valence-electron chi connectivity index (χ4n) is 7.61. The van der Waals surface area contributed by atoms with Gasteiger partial charge in [0.15, 0.2) is 11.5 Å². The number of benzene rings is 2. The first-order valence-corrected chi connectivity index (χ1v) is 15.1.